The first-order chi connectivity index (χ1) is 5.58. The number of nitrogens with one attached hydrogen (secondary N) is 3. The quantitative estimate of drug-likeness (QED) is 0.272. The van der Waals surface area contributed by atoms with E-state index in [9.17, 15) is 4.79 Å². The van der Waals surface area contributed by atoms with Crippen LogP contribution in [0, 0.1) is 0 Å². The molecule has 0 fully saturated rings. The van der Waals surface area contributed by atoms with Gasteiger partial charge in [-0.25, -0.2) is 0 Å². The molecule has 1 aromatic rings. The largest absolute Gasteiger partial charge is 0.319 e. The summed E-state index contributed by atoms with van der Waals surface area (Å²) >= 11 is 0. The second-order valence-electron chi connectivity index (χ2n) is 2.47. The molecule has 0 atom stereocenters. The molecule has 0 aliphatic carbocycles. The Morgan fingerprint density at radius 2 is 2.00 bits per heavy atom. The zero-order valence-corrected chi connectivity index (χ0v) is 5.96. The zero-order valence-electron chi connectivity index (χ0n) is 5.96. The molecule has 1 aliphatic heterocycles. The molecule has 0 bridgehead atoms. The number of H-pyrrole nitrogens is 1. The molecule has 2 rings (SSSR count). The van der Waals surface area contributed by atoms with Gasteiger partial charge in [0, 0.05) is 0 Å². The van der Waals surface area contributed by atoms with Crippen LogP contribution >= 0.6 is 0 Å². The van der Waals surface area contributed by atoms with Crippen LogP contribution in [0.1, 0.15) is 10.5 Å². The number of nitrogens with two attached hydrogens (primary N) is 2. The lowest BCUT2D eigenvalue weighted by Crippen LogP contribution is -2.70. The van der Waals surface area contributed by atoms with Gasteiger partial charge in [0.25, 0.3) is 5.91 Å². The molecule has 8 heteroatoms. The first-order valence-corrected chi connectivity index (χ1v) is 3.18. The monoisotopic (exact) mass is 169 g/mol. The smallest absolute Gasteiger partial charge is 0.279 e. The third-order valence-corrected chi connectivity index (χ3v) is 1.41. The molecule has 0 unspecified atom stereocenters. The number of fused-ring (bicyclic) bond motifs is 1. The van der Waals surface area contributed by atoms with E-state index in [-0.39, 0.29) is 11.5 Å². The fourth-order valence-electron chi connectivity index (χ4n) is 0.951. The van der Waals surface area contributed by atoms with Gasteiger partial charge in [-0.1, -0.05) is 0 Å². The molecule has 0 saturated heterocycles. The third kappa shape index (κ3) is 0.898. The Morgan fingerprint density at radius 3 is 2.75 bits per heavy atom. The topological polar surface area (TPSA) is 135 Å². The first kappa shape index (κ1) is 7.00. The van der Waals surface area contributed by atoms with Crippen molar-refractivity contribution in [3.63, 3.8) is 0 Å². The van der Waals surface area contributed by atoms with Crippen molar-refractivity contribution in [2.24, 2.45) is 11.5 Å². The van der Waals surface area contributed by atoms with Crippen LogP contribution in [0.2, 0.25) is 0 Å². The second kappa shape index (κ2) is 1.93. The van der Waals surface area contributed by atoms with Crippen LogP contribution in [-0.2, 0) is 0 Å². The predicted molar refractivity (Wildman–Crippen MR) is 38.6 cm³/mol. The van der Waals surface area contributed by atoms with Crippen molar-refractivity contribution < 1.29 is 4.79 Å². The van der Waals surface area contributed by atoms with Gasteiger partial charge in [0.1, 0.15) is 0 Å². The average Bonchev–Trinajstić information content (AvgIpc) is 2.31. The Bertz CT molecular complexity index is 328. The molecule has 7 N–H and O–H groups in total. The van der Waals surface area contributed by atoms with Gasteiger partial charge in [-0.2, -0.15) is 5.21 Å². The number of anilines is 1. The maximum Gasteiger partial charge on any atom is 0.279 e. The van der Waals surface area contributed by atoms with Crippen molar-refractivity contribution in [2.75, 3.05) is 5.32 Å². The molecule has 12 heavy (non-hydrogen) atoms. The van der Waals surface area contributed by atoms with E-state index in [4.69, 9.17) is 11.5 Å². The summed E-state index contributed by atoms with van der Waals surface area (Å²) < 4.78 is 0. The fraction of sp³-hybridized carbons (Fsp3) is 0.250. The fourth-order valence-corrected chi connectivity index (χ4v) is 0.951. The van der Waals surface area contributed by atoms with E-state index in [0.717, 1.165) is 0 Å². The number of rotatable bonds is 0. The van der Waals surface area contributed by atoms with Crippen LogP contribution in [0.25, 0.3) is 0 Å². The van der Waals surface area contributed by atoms with Crippen LogP contribution in [0.4, 0.5) is 5.82 Å². The van der Waals surface area contributed by atoms with Crippen molar-refractivity contribution in [1.29, 1.82) is 0 Å². The number of hydrogen-bond acceptors (Lipinski definition) is 6. The Kier molecular flexibility index (Phi) is 1.12. The zero-order chi connectivity index (χ0) is 8.77. The van der Waals surface area contributed by atoms with Gasteiger partial charge >= 0.3 is 0 Å². The summed E-state index contributed by atoms with van der Waals surface area (Å²) in [4.78, 5) is 11.1. The highest BCUT2D eigenvalue weighted by molar-refractivity contribution is 5.98. The summed E-state index contributed by atoms with van der Waals surface area (Å²) in [6.45, 7) is 0. The number of aromatic nitrogens is 3. The highest BCUT2D eigenvalue weighted by Crippen LogP contribution is 2.13. The van der Waals surface area contributed by atoms with Crippen molar-refractivity contribution in [1.82, 2.24) is 20.7 Å². The molecule has 1 amide bonds. The van der Waals surface area contributed by atoms with E-state index in [1.807, 2.05) is 0 Å². The maximum absolute atomic E-state index is 11.1. The maximum atomic E-state index is 11.1. The standard InChI is InChI=1S/C4H7N7O/c5-4(6)7-2-1(3(12)8-4)9-11-10-2/h5-6H2,(H,8,12)(H2,7,9,10,11). The van der Waals surface area contributed by atoms with Crippen LogP contribution in [0.15, 0.2) is 0 Å². The van der Waals surface area contributed by atoms with E-state index in [1.54, 1.807) is 0 Å². The van der Waals surface area contributed by atoms with Gasteiger partial charge in [0.15, 0.2) is 11.5 Å². The van der Waals surface area contributed by atoms with Gasteiger partial charge in [-0.15, -0.1) is 10.2 Å². The molecular weight excluding hydrogens is 162 g/mol. The normalized spacial score (nSPS) is 19.3. The Labute approximate surface area is 66.7 Å². The number of amides is 1. The summed E-state index contributed by atoms with van der Waals surface area (Å²) in [6.07, 6.45) is 0. The number of carbonyl (C=O) groups is 1. The minimum absolute atomic E-state index is 0.154. The lowest BCUT2D eigenvalue weighted by atomic mass is 10.3. The van der Waals surface area contributed by atoms with Gasteiger partial charge < -0.3 is 10.6 Å². The van der Waals surface area contributed by atoms with Gasteiger partial charge in [-0.3, -0.25) is 16.3 Å². The minimum atomic E-state index is -1.46. The highest BCUT2D eigenvalue weighted by Gasteiger charge is 2.33. The summed E-state index contributed by atoms with van der Waals surface area (Å²) in [5.74, 6) is -1.66. The SMILES string of the molecule is NC1(N)NC(=O)c2n[nH]nc2N1. The van der Waals surface area contributed by atoms with Gasteiger partial charge in [-0.05, 0) is 0 Å². The molecule has 0 spiro atoms. The van der Waals surface area contributed by atoms with E-state index >= 15 is 0 Å². The van der Waals surface area contributed by atoms with Crippen molar-refractivity contribution in [3.8, 4) is 0 Å². The van der Waals surface area contributed by atoms with E-state index in [0.29, 0.717) is 0 Å². The third-order valence-electron chi connectivity index (χ3n) is 1.41. The van der Waals surface area contributed by atoms with Crippen LogP contribution in [-0.4, -0.2) is 27.2 Å². The molecule has 0 radical (unpaired) electrons. The summed E-state index contributed by atoms with van der Waals surface area (Å²) in [6, 6.07) is 0. The lowest BCUT2D eigenvalue weighted by molar-refractivity contribution is 0.0900. The first-order valence-electron chi connectivity index (χ1n) is 3.18. The number of hydrogen-bond donors (Lipinski definition) is 5. The van der Waals surface area contributed by atoms with Crippen LogP contribution < -0.4 is 22.1 Å². The van der Waals surface area contributed by atoms with E-state index in [1.165, 1.54) is 0 Å². The van der Waals surface area contributed by atoms with Crippen molar-refractivity contribution in [2.45, 2.75) is 5.91 Å². The van der Waals surface area contributed by atoms with Crippen LogP contribution in [0.5, 0.6) is 0 Å². The van der Waals surface area contributed by atoms with Gasteiger partial charge in [0.2, 0.25) is 5.91 Å². The number of nitrogens with zero attached hydrogens (tertiary/aromatic N) is 2. The molecule has 1 aromatic heterocycles. The van der Waals surface area contributed by atoms with E-state index < -0.39 is 11.8 Å². The van der Waals surface area contributed by atoms with Crippen LogP contribution in [0.3, 0.4) is 0 Å². The predicted octanol–water partition coefficient (Wildman–Crippen LogP) is -2.51. The Hall–Kier alpha value is -1.67. The van der Waals surface area contributed by atoms with Crippen molar-refractivity contribution >= 4 is 11.7 Å². The molecule has 2 heterocycles. The molecule has 8 nitrogen and oxygen atoms in total. The molecule has 0 saturated carbocycles. The average molecular weight is 169 g/mol. The number of aromatic amines is 1. The minimum Gasteiger partial charge on any atom is -0.319 e. The molecular formula is C4H7N7O. The molecule has 0 aromatic carbocycles. The number of carbonyl (C=O) groups excluding carboxylic acids is 1. The highest BCUT2D eigenvalue weighted by atomic mass is 16.2. The summed E-state index contributed by atoms with van der Waals surface area (Å²) in [5.41, 5.74) is 10.9. The summed E-state index contributed by atoms with van der Waals surface area (Å²) in [5, 5.41) is 14.3. The second-order valence-corrected chi connectivity index (χ2v) is 2.47. The molecule has 1 aliphatic rings. The Balaban J connectivity index is 2.45. The molecule has 64 valence electrons. The van der Waals surface area contributed by atoms with E-state index in [2.05, 4.69) is 26.0 Å². The Morgan fingerprint density at radius 1 is 1.25 bits per heavy atom. The lowest BCUT2D eigenvalue weighted by Gasteiger charge is -2.29. The van der Waals surface area contributed by atoms with Gasteiger partial charge in [0.05, 0.1) is 0 Å². The summed E-state index contributed by atoms with van der Waals surface area (Å²) in [7, 11) is 0. The van der Waals surface area contributed by atoms with Crippen molar-refractivity contribution in [3.05, 3.63) is 5.69 Å².